The second kappa shape index (κ2) is 7.34. The van der Waals surface area contributed by atoms with Gasteiger partial charge in [-0.3, -0.25) is 4.31 Å². The number of benzene rings is 3. The number of rotatable bonds is 5. The van der Waals surface area contributed by atoms with Crippen LogP contribution in [-0.2, 0) is 16.6 Å². The fourth-order valence-electron chi connectivity index (χ4n) is 3.00. The third-order valence-corrected chi connectivity index (χ3v) is 6.36. The highest BCUT2D eigenvalue weighted by molar-refractivity contribution is 7.92. The van der Waals surface area contributed by atoms with E-state index in [0.29, 0.717) is 11.4 Å². The number of aryl methyl sites for hydroxylation is 2. The van der Waals surface area contributed by atoms with Crippen LogP contribution in [0.15, 0.2) is 77.7 Å². The minimum atomic E-state index is -3.67. The van der Waals surface area contributed by atoms with E-state index in [1.54, 1.807) is 24.3 Å². The summed E-state index contributed by atoms with van der Waals surface area (Å²) in [4.78, 5) is 0.300. The Morgan fingerprint density at radius 3 is 2.19 bits per heavy atom. The van der Waals surface area contributed by atoms with Gasteiger partial charge in [0.25, 0.3) is 10.0 Å². The lowest BCUT2D eigenvalue weighted by molar-refractivity contribution is 0.590. The molecule has 0 aliphatic heterocycles. The van der Waals surface area contributed by atoms with Gasteiger partial charge in [0.15, 0.2) is 0 Å². The third-order valence-electron chi connectivity index (χ3n) is 4.58. The van der Waals surface area contributed by atoms with Crippen LogP contribution >= 0.6 is 0 Å². The molecular formula is C22H23NO2S. The standard InChI is InChI=1S/C22H23NO2S/c1-17-9-7-11-20(15-17)16-23(22-14-8-10-18(2)19(22)3)26(24,25)21-12-5-4-6-13-21/h4-15H,16H2,1-3H3. The molecular weight excluding hydrogens is 342 g/mol. The lowest BCUT2D eigenvalue weighted by Crippen LogP contribution is -2.31. The average molecular weight is 365 g/mol. The molecule has 3 nitrogen and oxygen atoms in total. The Labute approximate surface area is 156 Å². The van der Waals surface area contributed by atoms with Gasteiger partial charge in [0.1, 0.15) is 0 Å². The van der Waals surface area contributed by atoms with Gasteiger partial charge in [0.2, 0.25) is 0 Å². The van der Waals surface area contributed by atoms with Crippen LogP contribution in [0.2, 0.25) is 0 Å². The van der Waals surface area contributed by atoms with E-state index in [4.69, 9.17) is 0 Å². The van der Waals surface area contributed by atoms with Crippen LogP contribution in [0.1, 0.15) is 22.3 Å². The Bertz CT molecular complexity index is 1010. The highest BCUT2D eigenvalue weighted by atomic mass is 32.2. The lowest BCUT2D eigenvalue weighted by Gasteiger charge is -2.27. The molecule has 0 saturated carbocycles. The number of hydrogen-bond acceptors (Lipinski definition) is 2. The van der Waals surface area contributed by atoms with Crippen LogP contribution in [-0.4, -0.2) is 8.42 Å². The average Bonchev–Trinajstić information content (AvgIpc) is 2.63. The van der Waals surface area contributed by atoms with Gasteiger partial charge in [-0.1, -0.05) is 60.2 Å². The first-order chi connectivity index (χ1) is 12.4. The van der Waals surface area contributed by atoms with Gasteiger partial charge in [-0.05, 0) is 55.7 Å². The fraction of sp³-hybridized carbons (Fsp3) is 0.182. The van der Waals surface area contributed by atoms with E-state index in [-0.39, 0.29) is 0 Å². The van der Waals surface area contributed by atoms with Crippen molar-refractivity contribution in [2.24, 2.45) is 0 Å². The molecule has 0 saturated heterocycles. The van der Waals surface area contributed by atoms with Gasteiger partial charge in [0.05, 0.1) is 17.1 Å². The molecule has 4 heteroatoms. The van der Waals surface area contributed by atoms with Crippen molar-refractivity contribution < 1.29 is 8.42 Å². The van der Waals surface area contributed by atoms with Crippen LogP contribution < -0.4 is 4.31 Å². The molecule has 0 spiro atoms. The molecule has 0 amide bonds. The van der Waals surface area contributed by atoms with Crippen molar-refractivity contribution >= 4 is 15.7 Å². The fourth-order valence-corrected chi connectivity index (χ4v) is 4.53. The van der Waals surface area contributed by atoms with Crippen molar-refractivity contribution in [3.05, 3.63) is 95.1 Å². The summed E-state index contributed by atoms with van der Waals surface area (Å²) in [7, 11) is -3.67. The SMILES string of the molecule is Cc1cccc(CN(c2cccc(C)c2C)S(=O)(=O)c2ccccc2)c1. The summed E-state index contributed by atoms with van der Waals surface area (Å²) in [5.41, 5.74) is 4.83. The Balaban J connectivity index is 2.14. The Hall–Kier alpha value is -2.59. The van der Waals surface area contributed by atoms with Crippen LogP contribution in [0, 0.1) is 20.8 Å². The molecule has 3 aromatic rings. The molecule has 0 bridgehead atoms. The molecule has 0 heterocycles. The molecule has 0 aromatic heterocycles. The molecule has 134 valence electrons. The highest BCUT2D eigenvalue weighted by Gasteiger charge is 2.26. The summed E-state index contributed by atoms with van der Waals surface area (Å²) in [6.45, 7) is 6.27. The lowest BCUT2D eigenvalue weighted by atomic mass is 10.1. The predicted molar refractivity (Wildman–Crippen MR) is 107 cm³/mol. The van der Waals surface area contributed by atoms with Crippen LogP contribution in [0.4, 0.5) is 5.69 Å². The van der Waals surface area contributed by atoms with Gasteiger partial charge in [-0.25, -0.2) is 8.42 Å². The Morgan fingerprint density at radius 1 is 0.808 bits per heavy atom. The number of anilines is 1. The largest absolute Gasteiger partial charge is 0.264 e. The first-order valence-electron chi connectivity index (χ1n) is 8.59. The van der Waals surface area contributed by atoms with Crippen LogP contribution in [0.25, 0.3) is 0 Å². The molecule has 0 unspecified atom stereocenters. The normalized spacial score (nSPS) is 11.3. The maximum absolute atomic E-state index is 13.4. The van der Waals surface area contributed by atoms with Crippen LogP contribution in [0.3, 0.4) is 0 Å². The smallest absolute Gasteiger partial charge is 0.262 e. The van der Waals surface area contributed by atoms with E-state index < -0.39 is 10.0 Å². The molecule has 0 radical (unpaired) electrons. The Kier molecular flexibility index (Phi) is 5.14. The van der Waals surface area contributed by atoms with Crippen LogP contribution in [0.5, 0.6) is 0 Å². The quantitative estimate of drug-likeness (QED) is 0.637. The predicted octanol–water partition coefficient (Wildman–Crippen LogP) is 5.01. The summed E-state index contributed by atoms with van der Waals surface area (Å²) < 4.78 is 28.3. The molecule has 0 fully saturated rings. The minimum absolute atomic E-state index is 0.295. The van der Waals surface area contributed by atoms with E-state index in [9.17, 15) is 8.42 Å². The Morgan fingerprint density at radius 2 is 1.50 bits per heavy atom. The van der Waals surface area contributed by atoms with Crippen molar-refractivity contribution in [3.8, 4) is 0 Å². The monoisotopic (exact) mass is 365 g/mol. The molecule has 0 aliphatic carbocycles. The minimum Gasteiger partial charge on any atom is -0.262 e. The van der Waals surface area contributed by atoms with Crippen molar-refractivity contribution in [1.82, 2.24) is 0 Å². The molecule has 0 atom stereocenters. The van der Waals surface area contributed by atoms with Crippen molar-refractivity contribution in [2.75, 3.05) is 4.31 Å². The van der Waals surface area contributed by atoms with Crippen molar-refractivity contribution in [3.63, 3.8) is 0 Å². The van der Waals surface area contributed by atoms with Gasteiger partial charge in [-0.15, -0.1) is 0 Å². The molecule has 3 aromatic carbocycles. The molecule has 26 heavy (non-hydrogen) atoms. The van der Waals surface area contributed by atoms with E-state index >= 15 is 0 Å². The third kappa shape index (κ3) is 3.65. The van der Waals surface area contributed by atoms with Crippen molar-refractivity contribution in [1.29, 1.82) is 0 Å². The van der Waals surface area contributed by atoms with Gasteiger partial charge < -0.3 is 0 Å². The zero-order chi connectivity index (χ0) is 18.7. The summed E-state index contributed by atoms with van der Waals surface area (Å²) in [6, 6.07) is 22.3. The summed E-state index contributed by atoms with van der Waals surface area (Å²) >= 11 is 0. The van der Waals surface area contributed by atoms with E-state index in [1.807, 2.05) is 69.3 Å². The van der Waals surface area contributed by atoms with E-state index in [2.05, 4.69) is 0 Å². The second-order valence-corrected chi connectivity index (χ2v) is 8.40. The van der Waals surface area contributed by atoms with E-state index in [0.717, 1.165) is 27.9 Å². The van der Waals surface area contributed by atoms with Gasteiger partial charge in [0, 0.05) is 0 Å². The zero-order valence-electron chi connectivity index (χ0n) is 15.3. The summed E-state index contributed by atoms with van der Waals surface area (Å²) in [5.74, 6) is 0. The number of sulfonamides is 1. The van der Waals surface area contributed by atoms with Gasteiger partial charge >= 0.3 is 0 Å². The maximum atomic E-state index is 13.4. The molecule has 0 N–H and O–H groups in total. The first-order valence-corrected chi connectivity index (χ1v) is 10.0. The molecule has 0 aliphatic rings. The number of hydrogen-bond donors (Lipinski definition) is 0. The van der Waals surface area contributed by atoms with Gasteiger partial charge in [-0.2, -0.15) is 0 Å². The summed E-state index contributed by atoms with van der Waals surface area (Å²) in [5, 5.41) is 0. The summed E-state index contributed by atoms with van der Waals surface area (Å²) in [6.07, 6.45) is 0. The maximum Gasteiger partial charge on any atom is 0.264 e. The highest BCUT2D eigenvalue weighted by Crippen LogP contribution is 2.30. The zero-order valence-corrected chi connectivity index (χ0v) is 16.1. The number of nitrogens with zero attached hydrogens (tertiary/aromatic N) is 1. The topological polar surface area (TPSA) is 37.4 Å². The van der Waals surface area contributed by atoms with E-state index in [1.165, 1.54) is 4.31 Å². The molecule has 3 rings (SSSR count). The first kappa shape index (κ1) is 18.2. The second-order valence-electron chi connectivity index (χ2n) is 6.53. The van der Waals surface area contributed by atoms with Crippen molar-refractivity contribution in [2.45, 2.75) is 32.2 Å².